The molecule has 2 N–H and O–H groups in total. The molecule has 0 aliphatic rings. The van der Waals surface area contributed by atoms with E-state index in [-0.39, 0.29) is 5.91 Å². The van der Waals surface area contributed by atoms with Gasteiger partial charge in [0, 0.05) is 29.5 Å². The van der Waals surface area contributed by atoms with E-state index in [0.717, 1.165) is 22.2 Å². The molecule has 6 nitrogen and oxygen atoms in total. The number of carbonyl (C=O) groups excluding carboxylic acids is 1. The van der Waals surface area contributed by atoms with Crippen molar-refractivity contribution in [3.05, 3.63) is 84.4 Å². The largest absolute Gasteiger partial charge is 0.360 e. The fourth-order valence-electron chi connectivity index (χ4n) is 2.68. The van der Waals surface area contributed by atoms with E-state index < -0.39 is 0 Å². The molecule has 0 aliphatic carbocycles. The molecule has 3 heterocycles. The number of nitrogens with one attached hydrogen (secondary N) is 2. The van der Waals surface area contributed by atoms with Crippen molar-refractivity contribution >= 4 is 23.0 Å². The second-order valence-corrected chi connectivity index (χ2v) is 5.63. The number of pyridine rings is 2. The molecule has 0 saturated carbocycles. The molecule has 0 fully saturated rings. The summed E-state index contributed by atoms with van der Waals surface area (Å²) in [6.45, 7) is 0. The van der Waals surface area contributed by atoms with Gasteiger partial charge in [-0.2, -0.15) is 5.10 Å². The summed E-state index contributed by atoms with van der Waals surface area (Å²) < 4.78 is 0. The van der Waals surface area contributed by atoms with Gasteiger partial charge in [-0.1, -0.05) is 18.2 Å². The van der Waals surface area contributed by atoms with Crippen molar-refractivity contribution in [2.45, 2.75) is 0 Å². The van der Waals surface area contributed by atoms with Gasteiger partial charge in [-0.3, -0.25) is 9.78 Å². The third-order valence-electron chi connectivity index (χ3n) is 3.93. The molecule has 0 bridgehead atoms. The van der Waals surface area contributed by atoms with Crippen molar-refractivity contribution in [1.29, 1.82) is 0 Å². The molecule has 0 atom stereocenters. The Labute approximate surface area is 149 Å². The van der Waals surface area contributed by atoms with E-state index in [1.807, 2.05) is 48.5 Å². The Morgan fingerprint density at radius 3 is 2.73 bits per heavy atom. The highest BCUT2D eigenvalue weighted by Gasteiger charge is 2.13. The zero-order valence-corrected chi connectivity index (χ0v) is 13.8. The van der Waals surface area contributed by atoms with Gasteiger partial charge in [-0.15, -0.1) is 0 Å². The average Bonchev–Trinajstić information content (AvgIpc) is 3.21. The fraction of sp³-hybridized carbons (Fsp3) is 0. The SMILES string of the molecule is O=C(N/N=C/c1ccc[nH]1)c1cc(-c2ccncc2)nc2ccccc12. The predicted octanol–water partition coefficient (Wildman–Crippen LogP) is 3.39. The Bertz CT molecular complexity index is 1070. The first-order chi connectivity index (χ1) is 12.8. The highest BCUT2D eigenvalue weighted by Crippen LogP contribution is 2.24. The lowest BCUT2D eigenvalue weighted by atomic mass is 10.0. The van der Waals surface area contributed by atoms with Crippen LogP contribution in [0.15, 0.2) is 78.3 Å². The summed E-state index contributed by atoms with van der Waals surface area (Å²) in [4.78, 5) is 24.4. The summed E-state index contributed by atoms with van der Waals surface area (Å²) in [5, 5.41) is 4.79. The quantitative estimate of drug-likeness (QED) is 0.441. The third-order valence-corrected chi connectivity index (χ3v) is 3.93. The molecular formula is C20H15N5O. The van der Waals surface area contributed by atoms with E-state index in [2.05, 4.69) is 25.5 Å². The highest BCUT2D eigenvalue weighted by atomic mass is 16.2. The minimum atomic E-state index is -0.290. The maximum Gasteiger partial charge on any atom is 0.272 e. The maximum atomic E-state index is 12.7. The van der Waals surface area contributed by atoms with E-state index >= 15 is 0 Å². The fourth-order valence-corrected chi connectivity index (χ4v) is 2.68. The Hall–Kier alpha value is -3.80. The molecule has 6 heteroatoms. The molecular weight excluding hydrogens is 326 g/mol. The molecule has 4 rings (SSSR count). The van der Waals surface area contributed by atoms with E-state index in [0.29, 0.717) is 11.3 Å². The zero-order valence-electron chi connectivity index (χ0n) is 13.8. The van der Waals surface area contributed by atoms with Crippen molar-refractivity contribution in [2.24, 2.45) is 5.10 Å². The van der Waals surface area contributed by atoms with Crippen LogP contribution in [-0.4, -0.2) is 27.1 Å². The van der Waals surface area contributed by atoms with Crippen molar-refractivity contribution in [1.82, 2.24) is 20.4 Å². The van der Waals surface area contributed by atoms with Gasteiger partial charge in [0.2, 0.25) is 0 Å². The number of hydrogen-bond acceptors (Lipinski definition) is 4. The highest BCUT2D eigenvalue weighted by molar-refractivity contribution is 6.07. The van der Waals surface area contributed by atoms with Crippen LogP contribution in [-0.2, 0) is 0 Å². The monoisotopic (exact) mass is 341 g/mol. The lowest BCUT2D eigenvalue weighted by molar-refractivity contribution is 0.0957. The van der Waals surface area contributed by atoms with Crippen molar-refractivity contribution in [2.75, 3.05) is 0 Å². The smallest absolute Gasteiger partial charge is 0.272 e. The number of aromatic amines is 1. The van der Waals surface area contributed by atoms with Gasteiger partial charge in [0.25, 0.3) is 5.91 Å². The predicted molar refractivity (Wildman–Crippen MR) is 101 cm³/mol. The molecule has 0 unspecified atom stereocenters. The standard InChI is InChI=1S/C20H15N5O/c26-20(25-23-13-15-4-3-9-22-15)17-12-19(14-7-10-21-11-8-14)24-18-6-2-1-5-16(17)18/h1-13,22H,(H,25,26)/b23-13+. The molecule has 126 valence electrons. The normalized spacial score (nSPS) is 11.1. The summed E-state index contributed by atoms with van der Waals surface area (Å²) in [7, 11) is 0. The first-order valence-electron chi connectivity index (χ1n) is 8.08. The Kier molecular flexibility index (Phi) is 4.22. The number of H-pyrrole nitrogens is 1. The van der Waals surface area contributed by atoms with Crippen molar-refractivity contribution in [3.8, 4) is 11.3 Å². The number of hydrogen-bond donors (Lipinski definition) is 2. The summed E-state index contributed by atoms with van der Waals surface area (Å²) in [5.41, 5.74) is 6.27. The van der Waals surface area contributed by atoms with Crippen LogP contribution in [0.4, 0.5) is 0 Å². The molecule has 26 heavy (non-hydrogen) atoms. The molecule has 0 saturated heterocycles. The lowest BCUT2D eigenvalue weighted by Crippen LogP contribution is -2.18. The number of aromatic nitrogens is 3. The zero-order chi connectivity index (χ0) is 17.8. The molecule has 4 aromatic rings. The molecule has 3 aromatic heterocycles. The van der Waals surface area contributed by atoms with E-state index in [9.17, 15) is 4.79 Å². The first kappa shape index (κ1) is 15.7. The molecule has 1 amide bonds. The average molecular weight is 341 g/mol. The summed E-state index contributed by atoms with van der Waals surface area (Å²) in [5.74, 6) is -0.290. The number of amides is 1. The van der Waals surface area contributed by atoms with Crippen LogP contribution < -0.4 is 5.43 Å². The van der Waals surface area contributed by atoms with Crippen LogP contribution in [0.2, 0.25) is 0 Å². The third kappa shape index (κ3) is 3.21. The maximum absolute atomic E-state index is 12.7. The number of nitrogens with zero attached hydrogens (tertiary/aromatic N) is 3. The van der Waals surface area contributed by atoms with E-state index in [4.69, 9.17) is 0 Å². The second kappa shape index (κ2) is 6.98. The van der Waals surface area contributed by atoms with Gasteiger partial charge in [0.1, 0.15) is 0 Å². The molecule has 1 aromatic carbocycles. The Morgan fingerprint density at radius 2 is 1.92 bits per heavy atom. The first-order valence-corrected chi connectivity index (χ1v) is 8.08. The number of para-hydroxylation sites is 1. The molecule has 0 spiro atoms. The summed E-state index contributed by atoms with van der Waals surface area (Å²) in [6.07, 6.45) is 6.75. The Balaban J connectivity index is 1.72. The van der Waals surface area contributed by atoms with Crippen molar-refractivity contribution in [3.63, 3.8) is 0 Å². The lowest BCUT2D eigenvalue weighted by Gasteiger charge is -2.08. The number of fused-ring (bicyclic) bond motifs is 1. The van der Waals surface area contributed by atoms with Gasteiger partial charge in [-0.25, -0.2) is 10.4 Å². The van der Waals surface area contributed by atoms with Crippen molar-refractivity contribution < 1.29 is 4.79 Å². The minimum Gasteiger partial charge on any atom is -0.360 e. The molecule has 0 radical (unpaired) electrons. The number of hydrazone groups is 1. The van der Waals surface area contributed by atoms with Gasteiger partial charge in [0.15, 0.2) is 0 Å². The van der Waals surface area contributed by atoms with Gasteiger partial charge >= 0.3 is 0 Å². The second-order valence-electron chi connectivity index (χ2n) is 5.63. The summed E-state index contributed by atoms with van der Waals surface area (Å²) >= 11 is 0. The van der Waals surface area contributed by atoms with Crippen LogP contribution in [0.1, 0.15) is 16.1 Å². The van der Waals surface area contributed by atoms with E-state index in [1.165, 1.54) is 0 Å². The van der Waals surface area contributed by atoms with Crippen LogP contribution in [0.5, 0.6) is 0 Å². The minimum absolute atomic E-state index is 0.290. The van der Waals surface area contributed by atoms with Crippen LogP contribution in [0.3, 0.4) is 0 Å². The number of benzene rings is 1. The number of carbonyl (C=O) groups is 1. The summed E-state index contributed by atoms with van der Waals surface area (Å²) in [6, 6.07) is 16.8. The van der Waals surface area contributed by atoms with Crippen LogP contribution in [0.25, 0.3) is 22.2 Å². The molecule has 0 aliphatic heterocycles. The number of rotatable bonds is 4. The topological polar surface area (TPSA) is 83.0 Å². The van der Waals surface area contributed by atoms with Crippen LogP contribution in [0, 0.1) is 0 Å². The van der Waals surface area contributed by atoms with Gasteiger partial charge < -0.3 is 4.98 Å². The van der Waals surface area contributed by atoms with E-state index in [1.54, 1.807) is 30.9 Å². The Morgan fingerprint density at radius 1 is 1.08 bits per heavy atom. The van der Waals surface area contributed by atoms with Gasteiger partial charge in [0.05, 0.1) is 28.7 Å². The van der Waals surface area contributed by atoms with Crippen LogP contribution >= 0.6 is 0 Å². The van der Waals surface area contributed by atoms with Gasteiger partial charge in [-0.05, 0) is 36.4 Å².